The third kappa shape index (κ3) is 16.3. The van der Waals surface area contributed by atoms with Crippen LogP contribution in [0.4, 0.5) is 32.6 Å². The Labute approximate surface area is 417 Å². The number of nitrogens with one attached hydrogen (secondary N) is 4. The Morgan fingerprint density at radius 1 is 0.574 bits per heavy atom. The van der Waals surface area contributed by atoms with E-state index >= 15 is 0 Å². The van der Waals surface area contributed by atoms with Gasteiger partial charge in [0.15, 0.2) is 11.3 Å². The number of ether oxygens (including phenoxy) is 2. The minimum Gasteiger partial charge on any atom is -0.450 e. The molecule has 6 aromatic rings. The fourth-order valence-corrected chi connectivity index (χ4v) is 7.93. The molecule has 68 heavy (non-hydrogen) atoms. The molecule has 364 valence electrons. The Hall–Kier alpha value is -5.56. The van der Waals surface area contributed by atoms with Gasteiger partial charge in [-0.15, -0.1) is 0 Å². The summed E-state index contributed by atoms with van der Waals surface area (Å²) in [6.07, 6.45) is 6.53. The van der Waals surface area contributed by atoms with Crippen molar-refractivity contribution in [1.29, 1.82) is 0 Å². The Kier molecular flexibility index (Phi) is 21.5. The van der Waals surface area contributed by atoms with Crippen molar-refractivity contribution in [1.82, 2.24) is 39.7 Å². The second-order valence-electron chi connectivity index (χ2n) is 16.1. The first-order valence-corrected chi connectivity index (χ1v) is 25.2. The maximum atomic E-state index is 12.0. The summed E-state index contributed by atoms with van der Waals surface area (Å²) < 4.78 is 12.0. The first-order chi connectivity index (χ1) is 32.9. The number of pyridine rings is 2. The number of halogens is 2. The third-order valence-electron chi connectivity index (χ3n) is 11.1. The highest BCUT2D eigenvalue weighted by molar-refractivity contribution is 9.10. The van der Waals surface area contributed by atoms with Gasteiger partial charge < -0.3 is 29.9 Å². The van der Waals surface area contributed by atoms with Crippen LogP contribution >= 0.6 is 31.9 Å². The lowest BCUT2D eigenvalue weighted by atomic mass is 10.1. The second kappa shape index (κ2) is 27.4. The number of nitrogens with zero attached hydrogens (tertiary/aromatic N) is 8. The number of hydrogen-bond acceptors (Lipinski definition) is 14. The van der Waals surface area contributed by atoms with Crippen LogP contribution in [0.3, 0.4) is 0 Å². The van der Waals surface area contributed by atoms with Gasteiger partial charge >= 0.3 is 12.2 Å². The molecule has 0 saturated carbocycles. The van der Waals surface area contributed by atoms with Crippen LogP contribution in [0.25, 0.3) is 44.8 Å². The SMILES string of the molecule is CCOC(=O)Nc1cc(NC(C)CCCN(CC)CC)c2nc(-c3ccc(Br)cc3)cnc2n1.CCOC(=O)Nc1cc(NC(C)CCCN(CC)CC)c2ncc(-c3ccc(Br)cc3)nc2n1. The molecule has 2 unspecified atom stereocenters. The third-order valence-corrected chi connectivity index (χ3v) is 12.2. The fourth-order valence-electron chi connectivity index (χ4n) is 7.40. The monoisotopic (exact) mass is 1060 g/mol. The minimum absolute atomic E-state index is 0.203. The van der Waals surface area contributed by atoms with E-state index in [9.17, 15) is 9.59 Å². The Morgan fingerprint density at radius 3 is 1.46 bits per heavy atom. The van der Waals surface area contributed by atoms with E-state index in [1.165, 1.54) is 0 Å². The van der Waals surface area contributed by atoms with Crippen molar-refractivity contribution in [2.75, 3.05) is 73.7 Å². The fraction of sp³-hybridized carbons (Fsp3) is 0.440. The number of carbonyl (C=O) groups is 2. The molecule has 0 spiro atoms. The molecule has 4 N–H and O–H groups in total. The van der Waals surface area contributed by atoms with Gasteiger partial charge in [0.25, 0.3) is 0 Å². The lowest BCUT2D eigenvalue weighted by Crippen LogP contribution is -2.25. The van der Waals surface area contributed by atoms with Gasteiger partial charge in [-0.2, -0.15) is 0 Å². The van der Waals surface area contributed by atoms with E-state index in [-0.39, 0.29) is 25.3 Å². The van der Waals surface area contributed by atoms with E-state index in [1.807, 2.05) is 48.5 Å². The van der Waals surface area contributed by atoms with Crippen LogP contribution in [0.1, 0.15) is 81.1 Å². The summed E-state index contributed by atoms with van der Waals surface area (Å²) in [5, 5.41) is 12.5. The topological polar surface area (TPSA) is 185 Å². The van der Waals surface area contributed by atoms with Crippen molar-refractivity contribution in [3.63, 3.8) is 0 Å². The van der Waals surface area contributed by atoms with Crippen LogP contribution in [0, 0.1) is 0 Å². The molecule has 0 aliphatic heterocycles. The lowest BCUT2D eigenvalue weighted by Gasteiger charge is -2.21. The summed E-state index contributed by atoms with van der Waals surface area (Å²) in [5.41, 5.74) is 7.13. The molecule has 0 radical (unpaired) electrons. The van der Waals surface area contributed by atoms with E-state index < -0.39 is 12.2 Å². The van der Waals surface area contributed by atoms with Crippen LogP contribution in [0.15, 0.2) is 82.0 Å². The normalized spacial score (nSPS) is 12.1. The number of amides is 2. The van der Waals surface area contributed by atoms with E-state index in [4.69, 9.17) is 19.4 Å². The van der Waals surface area contributed by atoms with Crippen molar-refractivity contribution in [3.8, 4) is 22.5 Å². The molecule has 2 atom stereocenters. The summed E-state index contributed by atoms with van der Waals surface area (Å²) in [6.45, 7) is 23.5. The number of aromatic nitrogens is 6. The van der Waals surface area contributed by atoms with Crippen LogP contribution in [0.5, 0.6) is 0 Å². The Morgan fingerprint density at radius 2 is 1.00 bits per heavy atom. The quantitative estimate of drug-likeness (QED) is 0.0503. The van der Waals surface area contributed by atoms with Crippen molar-refractivity contribution in [3.05, 3.63) is 82.0 Å². The second-order valence-corrected chi connectivity index (χ2v) is 17.9. The molecule has 6 rings (SSSR count). The molecule has 2 aromatic carbocycles. The maximum Gasteiger partial charge on any atom is 0.412 e. The van der Waals surface area contributed by atoms with Crippen LogP contribution in [0.2, 0.25) is 0 Å². The van der Waals surface area contributed by atoms with Gasteiger partial charge in [-0.3, -0.25) is 10.6 Å². The van der Waals surface area contributed by atoms with E-state index in [2.05, 4.69) is 124 Å². The van der Waals surface area contributed by atoms with Gasteiger partial charge in [0, 0.05) is 44.3 Å². The van der Waals surface area contributed by atoms with E-state index in [0.29, 0.717) is 39.7 Å². The summed E-state index contributed by atoms with van der Waals surface area (Å²) in [7, 11) is 0. The number of rotatable bonds is 22. The van der Waals surface area contributed by atoms with Gasteiger partial charge in [-0.1, -0.05) is 83.8 Å². The van der Waals surface area contributed by atoms with Gasteiger partial charge in [-0.05, 0) is 117 Å². The highest BCUT2D eigenvalue weighted by Gasteiger charge is 2.17. The highest BCUT2D eigenvalue weighted by atomic mass is 79.9. The maximum absolute atomic E-state index is 12.0. The molecule has 4 aromatic heterocycles. The summed E-state index contributed by atoms with van der Waals surface area (Å²) in [4.78, 5) is 56.7. The predicted octanol–water partition coefficient (Wildman–Crippen LogP) is 11.9. The zero-order valence-corrected chi connectivity index (χ0v) is 43.7. The molecular weight excluding hydrogens is 992 g/mol. The van der Waals surface area contributed by atoms with E-state index in [0.717, 1.165) is 102 Å². The zero-order chi connectivity index (χ0) is 49.0. The average Bonchev–Trinajstić information content (AvgIpc) is 3.32. The Balaban J connectivity index is 0.000000254. The van der Waals surface area contributed by atoms with Gasteiger partial charge in [0.05, 0.1) is 48.4 Å². The lowest BCUT2D eigenvalue weighted by molar-refractivity contribution is 0.167. The van der Waals surface area contributed by atoms with Gasteiger partial charge in [-0.25, -0.2) is 39.5 Å². The zero-order valence-electron chi connectivity index (χ0n) is 40.5. The molecule has 0 aliphatic carbocycles. The summed E-state index contributed by atoms with van der Waals surface area (Å²) in [6, 6.07) is 19.8. The highest BCUT2D eigenvalue weighted by Crippen LogP contribution is 2.29. The molecule has 0 fully saturated rings. The van der Waals surface area contributed by atoms with Crippen LogP contribution < -0.4 is 21.3 Å². The smallest absolute Gasteiger partial charge is 0.412 e. The van der Waals surface area contributed by atoms with Crippen LogP contribution in [-0.2, 0) is 9.47 Å². The molecule has 18 heteroatoms. The number of benzene rings is 2. The standard InChI is InChI=1S/2C25H33BrN6O2/c1-5-32(6-2)14-8-9-17(4)28-20-15-22(31-25(33)34-7-3)30-24-23(20)29-21(16-27-24)18-10-12-19(26)13-11-18;1-5-32(6-2)14-8-9-17(4)28-20-15-22(31-25(33)34-7-3)30-24-23(20)27-16-21(29-24)18-10-12-19(26)13-11-18/h10-13,15-17H,5-9,14H2,1-4H3,(H2,27,28,30,31,33);10-13,15-17H,5-9,14H2,1-4H3,(H2,28,29,30,31,33). The molecule has 4 heterocycles. The number of fused-ring (bicyclic) bond motifs is 2. The van der Waals surface area contributed by atoms with Crippen LogP contribution in [-0.4, -0.2) is 116 Å². The van der Waals surface area contributed by atoms with Gasteiger partial charge in [0.2, 0.25) is 0 Å². The van der Waals surface area contributed by atoms with Crippen molar-refractivity contribution >= 4 is 89.4 Å². The van der Waals surface area contributed by atoms with Crippen molar-refractivity contribution in [2.45, 2.75) is 93.2 Å². The molecule has 0 bridgehead atoms. The first kappa shape index (κ1) is 53.4. The summed E-state index contributed by atoms with van der Waals surface area (Å²) >= 11 is 6.93. The van der Waals surface area contributed by atoms with Crippen molar-refractivity contribution < 1.29 is 19.1 Å². The largest absolute Gasteiger partial charge is 0.450 e. The molecule has 0 saturated heterocycles. The first-order valence-electron chi connectivity index (χ1n) is 23.6. The average molecular weight is 1060 g/mol. The summed E-state index contributed by atoms with van der Waals surface area (Å²) in [5.74, 6) is 0.737. The predicted molar refractivity (Wildman–Crippen MR) is 282 cm³/mol. The molecular formula is C50H66Br2N12O4. The molecule has 2 amide bonds. The number of anilines is 4. The minimum atomic E-state index is -0.551. The number of hydrogen-bond donors (Lipinski definition) is 4. The molecule has 0 aliphatic rings. The van der Waals surface area contributed by atoms with E-state index in [1.54, 1.807) is 38.4 Å². The Bertz CT molecular complexity index is 2530. The van der Waals surface area contributed by atoms with Gasteiger partial charge in [0.1, 0.15) is 22.7 Å². The number of carbonyl (C=O) groups excluding carboxylic acids is 2. The molecule has 16 nitrogen and oxygen atoms in total. The van der Waals surface area contributed by atoms with Crippen molar-refractivity contribution in [2.24, 2.45) is 0 Å².